The summed E-state index contributed by atoms with van der Waals surface area (Å²) in [4.78, 5) is 42.0. The van der Waals surface area contributed by atoms with E-state index in [2.05, 4.69) is 10.3 Å². The average Bonchev–Trinajstić information content (AvgIpc) is 3.41. The minimum Gasteiger partial charge on any atom is -0.481 e. The van der Waals surface area contributed by atoms with Gasteiger partial charge in [-0.25, -0.2) is 14.6 Å². The van der Waals surface area contributed by atoms with Crippen LogP contribution in [-0.4, -0.2) is 59.7 Å². The van der Waals surface area contributed by atoms with Gasteiger partial charge in [0.05, 0.1) is 7.11 Å². The molecule has 1 spiro atoms. The number of urea groups is 1. The molecule has 1 aliphatic heterocycles. The number of rotatable bonds is 3. The maximum Gasteiger partial charge on any atom is 0.471 e. The van der Waals surface area contributed by atoms with Gasteiger partial charge in [0.2, 0.25) is 5.90 Å². The zero-order chi connectivity index (χ0) is 24.8. The Morgan fingerprint density at radius 1 is 1.24 bits per heavy atom. The van der Waals surface area contributed by atoms with Crippen LogP contribution in [0.4, 0.5) is 23.7 Å². The van der Waals surface area contributed by atoms with E-state index in [4.69, 9.17) is 9.47 Å². The molecule has 1 aromatic rings. The van der Waals surface area contributed by atoms with Crippen molar-refractivity contribution in [3.8, 4) is 0 Å². The maximum atomic E-state index is 13.2. The number of methoxy groups -OCH3 is 1. The summed E-state index contributed by atoms with van der Waals surface area (Å²) in [7, 11) is 1.36. The number of cyclic esters (lactones) is 1. The van der Waals surface area contributed by atoms with E-state index in [1.807, 2.05) is 20.8 Å². The SMILES string of the molecule is COC1=N[C@]2(C[C@H]2CN(C(=O)Nc2ccccc2)C(=O)C(F)(F)F)C(=O)O[C@@]1(C)C(C)(C)C. The number of alkyl halides is 3. The highest BCUT2D eigenvalue weighted by molar-refractivity contribution is 6.03. The predicted octanol–water partition coefficient (Wildman–Crippen LogP) is 3.77. The molecule has 8 nitrogen and oxygen atoms in total. The molecule has 0 bridgehead atoms. The second-order valence-corrected chi connectivity index (χ2v) is 9.33. The maximum absolute atomic E-state index is 13.2. The number of amides is 3. The number of nitrogens with one attached hydrogen (secondary N) is 1. The number of nitrogens with zero attached hydrogens (tertiary/aromatic N) is 2. The van der Waals surface area contributed by atoms with E-state index >= 15 is 0 Å². The van der Waals surface area contributed by atoms with Crippen molar-refractivity contribution < 1.29 is 37.0 Å². The Morgan fingerprint density at radius 2 is 1.85 bits per heavy atom. The van der Waals surface area contributed by atoms with Crippen LogP contribution < -0.4 is 5.32 Å². The van der Waals surface area contributed by atoms with Gasteiger partial charge in [-0.05, 0) is 25.5 Å². The van der Waals surface area contributed by atoms with E-state index in [0.29, 0.717) is 0 Å². The molecule has 0 unspecified atom stereocenters. The third kappa shape index (κ3) is 4.40. The van der Waals surface area contributed by atoms with E-state index in [1.54, 1.807) is 25.1 Å². The van der Waals surface area contributed by atoms with Crippen molar-refractivity contribution >= 4 is 29.5 Å². The molecule has 3 atom stereocenters. The van der Waals surface area contributed by atoms with Gasteiger partial charge in [-0.15, -0.1) is 0 Å². The number of anilines is 1. The van der Waals surface area contributed by atoms with Crippen LogP contribution in [0.25, 0.3) is 0 Å². The first kappa shape index (κ1) is 24.5. The van der Waals surface area contributed by atoms with Gasteiger partial charge in [-0.1, -0.05) is 39.0 Å². The number of benzene rings is 1. The molecule has 1 heterocycles. The average molecular weight is 469 g/mol. The molecule has 3 rings (SSSR count). The van der Waals surface area contributed by atoms with Crippen molar-refractivity contribution in [2.24, 2.45) is 16.3 Å². The summed E-state index contributed by atoms with van der Waals surface area (Å²) in [5, 5.41) is 2.27. The number of ether oxygens (including phenoxy) is 2. The number of imide groups is 1. The number of carbonyl (C=O) groups is 3. The number of aliphatic imine (C=N–C) groups is 1. The van der Waals surface area contributed by atoms with E-state index in [1.165, 1.54) is 19.2 Å². The minimum absolute atomic E-state index is 0.0131. The first-order valence-corrected chi connectivity index (χ1v) is 10.3. The number of para-hydroxylation sites is 1. The van der Waals surface area contributed by atoms with Gasteiger partial charge in [0.25, 0.3) is 0 Å². The van der Waals surface area contributed by atoms with Crippen LogP contribution in [-0.2, 0) is 19.1 Å². The molecule has 33 heavy (non-hydrogen) atoms. The molecule has 1 aromatic carbocycles. The molecular formula is C22H26F3N3O5. The fraction of sp³-hybridized carbons (Fsp3) is 0.545. The largest absolute Gasteiger partial charge is 0.481 e. The second kappa shape index (κ2) is 8.03. The summed E-state index contributed by atoms with van der Waals surface area (Å²) >= 11 is 0. The number of halogens is 3. The molecule has 0 radical (unpaired) electrons. The normalized spacial score (nSPS) is 26.8. The summed E-state index contributed by atoms with van der Waals surface area (Å²) < 4.78 is 50.7. The van der Waals surface area contributed by atoms with Crippen molar-refractivity contribution in [2.45, 2.75) is 51.4 Å². The number of carbonyl (C=O) groups excluding carboxylic acids is 3. The fourth-order valence-electron chi connectivity index (χ4n) is 3.63. The molecule has 1 aliphatic carbocycles. The summed E-state index contributed by atoms with van der Waals surface area (Å²) in [6, 6.07) is 6.49. The minimum atomic E-state index is -5.28. The standard InChI is InChI=1S/C22H26F3N3O5/c1-19(2,3)20(4)15(32-5)27-21(17(30)33-20)11-13(21)12-28(16(29)22(23,24)25)18(31)26-14-9-7-6-8-10-14/h6-10,13H,11-12H2,1-5H3,(H,26,31)/t13-,20+,21-/m0/s1. The Morgan fingerprint density at radius 3 is 2.36 bits per heavy atom. The third-order valence-electron chi connectivity index (χ3n) is 6.22. The molecule has 0 aromatic heterocycles. The molecule has 0 saturated heterocycles. The lowest BCUT2D eigenvalue weighted by Gasteiger charge is -2.44. The molecule has 1 N–H and O–H groups in total. The Hall–Kier alpha value is -3.11. The molecule has 1 fully saturated rings. The number of esters is 1. The van der Waals surface area contributed by atoms with Crippen molar-refractivity contribution in [3.05, 3.63) is 30.3 Å². The Balaban J connectivity index is 1.88. The van der Waals surface area contributed by atoms with Crippen molar-refractivity contribution in [2.75, 3.05) is 19.0 Å². The predicted molar refractivity (Wildman–Crippen MR) is 112 cm³/mol. The summed E-state index contributed by atoms with van der Waals surface area (Å²) in [6.07, 6.45) is -5.27. The van der Waals surface area contributed by atoms with E-state index in [0.717, 1.165) is 0 Å². The first-order valence-electron chi connectivity index (χ1n) is 10.3. The smallest absolute Gasteiger partial charge is 0.471 e. The van der Waals surface area contributed by atoms with Gasteiger partial charge in [0.15, 0.2) is 11.1 Å². The van der Waals surface area contributed by atoms with Gasteiger partial charge >= 0.3 is 24.1 Å². The first-order chi connectivity index (χ1) is 15.2. The Bertz CT molecular complexity index is 989. The monoisotopic (exact) mass is 469 g/mol. The van der Waals surface area contributed by atoms with Crippen LogP contribution in [0.5, 0.6) is 0 Å². The number of hydrogen-bond donors (Lipinski definition) is 1. The highest BCUT2D eigenvalue weighted by Crippen LogP contribution is 2.54. The zero-order valence-electron chi connectivity index (χ0n) is 18.9. The van der Waals surface area contributed by atoms with Crippen molar-refractivity contribution in [1.29, 1.82) is 0 Å². The lowest BCUT2D eigenvalue weighted by molar-refractivity contribution is -0.182. The van der Waals surface area contributed by atoms with Crippen LogP contribution in [0.1, 0.15) is 34.1 Å². The summed E-state index contributed by atoms with van der Waals surface area (Å²) in [5.41, 5.74) is -3.07. The molecule has 2 aliphatic rings. The van der Waals surface area contributed by atoms with Crippen LogP contribution in [0, 0.1) is 11.3 Å². The Kier molecular flexibility index (Phi) is 5.97. The highest BCUT2D eigenvalue weighted by atomic mass is 19.4. The van der Waals surface area contributed by atoms with Gasteiger partial charge in [0.1, 0.15) is 0 Å². The highest BCUT2D eigenvalue weighted by Gasteiger charge is 2.68. The van der Waals surface area contributed by atoms with E-state index in [-0.39, 0.29) is 22.9 Å². The molecule has 3 amide bonds. The topological polar surface area (TPSA) is 97.3 Å². The molecule has 180 valence electrons. The Labute approximate surface area is 189 Å². The quantitative estimate of drug-likeness (QED) is 0.680. The molecule has 1 saturated carbocycles. The van der Waals surface area contributed by atoms with Gasteiger partial charge in [0, 0.05) is 23.6 Å². The van der Waals surface area contributed by atoms with Crippen LogP contribution >= 0.6 is 0 Å². The zero-order valence-corrected chi connectivity index (χ0v) is 18.9. The van der Waals surface area contributed by atoms with Crippen molar-refractivity contribution in [1.82, 2.24) is 4.90 Å². The van der Waals surface area contributed by atoms with Gasteiger partial charge < -0.3 is 14.8 Å². The van der Waals surface area contributed by atoms with Gasteiger partial charge in [-0.3, -0.25) is 9.69 Å². The summed E-state index contributed by atoms with van der Waals surface area (Å²) in [5.74, 6) is -3.79. The fourth-order valence-corrected chi connectivity index (χ4v) is 3.63. The van der Waals surface area contributed by atoms with Crippen LogP contribution in [0.3, 0.4) is 0 Å². The number of hydrogen-bond acceptors (Lipinski definition) is 6. The van der Waals surface area contributed by atoms with Gasteiger partial charge in [-0.2, -0.15) is 13.2 Å². The lowest BCUT2D eigenvalue weighted by atomic mass is 9.76. The van der Waals surface area contributed by atoms with Crippen molar-refractivity contribution in [3.63, 3.8) is 0 Å². The van der Waals surface area contributed by atoms with E-state index in [9.17, 15) is 27.6 Å². The molecular weight excluding hydrogens is 443 g/mol. The molecule has 11 heteroatoms. The third-order valence-corrected chi connectivity index (χ3v) is 6.22. The van der Waals surface area contributed by atoms with Crippen LogP contribution in [0.2, 0.25) is 0 Å². The second-order valence-electron chi connectivity index (χ2n) is 9.33. The van der Waals surface area contributed by atoms with E-state index < -0.39 is 53.1 Å². The summed E-state index contributed by atoms with van der Waals surface area (Å²) in [6.45, 7) is 6.46. The van der Waals surface area contributed by atoms with Crippen LogP contribution in [0.15, 0.2) is 35.3 Å². The lowest BCUT2D eigenvalue weighted by Crippen LogP contribution is -2.57.